The van der Waals surface area contributed by atoms with Crippen molar-refractivity contribution in [3.63, 3.8) is 0 Å². The predicted molar refractivity (Wildman–Crippen MR) is 98.3 cm³/mol. The highest BCUT2D eigenvalue weighted by Crippen LogP contribution is 2.17. The van der Waals surface area contributed by atoms with E-state index in [1.807, 2.05) is 7.05 Å². The molecule has 0 unspecified atom stereocenters. The largest absolute Gasteiger partial charge is 0.369 e. The molecule has 6 heteroatoms. The Morgan fingerprint density at radius 2 is 2.00 bits per heavy atom. The van der Waals surface area contributed by atoms with Gasteiger partial charge in [-0.1, -0.05) is 12.1 Å². The standard InChI is InChI=1S/C19H25N5O/c1-16-4-3-5-18(12-16)24-10-8-23(9-11-24)15-19(25)22(2)14-17-13-20-6-7-21-17/h3-7,12-13H,8-11,14-15H2,1-2H3. The molecule has 1 aliphatic heterocycles. The fraction of sp³-hybridized carbons (Fsp3) is 0.421. The number of hydrogen-bond donors (Lipinski definition) is 0. The maximum absolute atomic E-state index is 12.4. The van der Waals surface area contributed by atoms with Crippen LogP contribution in [0.25, 0.3) is 0 Å². The van der Waals surface area contributed by atoms with E-state index in [9.17, 15) is 4.79 Å². The van der Waals surface area contributed by atoms with Gasteiger partial charge in [0.05, 0.1) is 25.0 Å². The molecule has 1 aromatic carbocycles. The Labute approximate surface area is 149 Å². The average Bonchev–Trinajstić information content (AvgIpc) is 2.63. The van der Waals surface area contributed by atoms with E-state index in [-0.39, 0.29) is 5.91 Å². The molecular weight excluding hydrogens is 314 g/mol. The van der Waals surface area contributed by atoms with Crippen LogP contribution in [0.2, 0.25) is 0 Å². The molecule has 2 heterocycles. The van der Waals surface area contributed by atoms with E-state index in [0.717, 1.165) is 31.9 Å². The molecule has 1 fully saturated rings. The second kappa shape index (κ2) is 8.07. The molecule has 0 aliphatic carbocycles. The SMILES string of the molecule is Cc1cccc(N2CCN(CC(=O)N(C)Cc3cnccn3)CC2)c1. The summed E-state index contributed by atoms with van der Waals surface area (Å²) in [6.07, 6.45) is 4.99. The number of carbonyl (C=O) groups excluding carboxylic acids is 1. The van der Waals surface area contributed by atoms with Crippen LogP contribution in [-0.4, -0.2) is 65.4 Å². The first-order chi connectivity index (χ1) is 12.1. The van der Waals surface area contributed by atoms with Crippen molar-refractivity contribution in [3.05, 3.63) is 54.1 Å². The molecule has 0 saturated carbocycles. The fourth-order valence-corrected chi connectivity index (χ4v) is 3.04. The lowest BCUT2D eigenvalue weighted by Crippen LogP contribution is -2.49. The minimum absolute atomic E-state index is 0.120. The average molecular weight is 339 g/mol. The molecule has 2 aromatic rings. The van der Waals surface area contributed by atoms with Crippen LogP contribution < -0.4 is 4.90 Å². The van der Waals surface area contributed by atoms with E-state index in [2.05, 4.69) is 51.0 Å². The van der Waals surface area contributed by atoms with E-state index in [4.69, 9.17) is 0 Å². The van der Waals surface area contributed by atoms with Gasteiger partial charge in [-0.05, 0) is 24.6 Å². The summed E-state index contributed by atoms with van der Waals surface area (Å²) in [4.78, 5) is 27.0. The van der Waals surface area contributed by atoms with Crippen LogP contribution in [0.1, 0.15) is 11.3 Å². The van der Waals surface area contributed by atoms with Gasteiger partial charge in [0, 0.05) is 51.3 Å². The summed E-state index contributed by atoms with van der Waals surface area (Å²) in [5.74, 6) is 0.120. The van der Waals surface area contributed by atoms with Crippen molar-refractivity contribution in [3.8, 4) is 0 Å². The Morgan fingerprint density at radius 1 is 1.20 bits per heavy atom. The van der Waals surface area contributed by atoms with Crippen LogP contribution >= 0.6 is 0 Å². The van der Waals surface area contributed by atoms with E-state index >= 15 is 0 Å². The molecule has 1 aromatic heterocycles. The Balaban J connectivity index is 1.47. The first-order valence-corrected chi connectivity index (χ1v) is 8.64. The third-order valence-corrected chi connectivity index (χ3v) is 4.54. The maximum Gasteiger partial charge on any atom is 0.236 e. The molecule has 0 bridgehead atoms. The van der Waals surface area contributed by atoms with Gasteiger partial charge in [-0.15, -0.1) is 0 Å². The Kier molecular flexibility index (Phi) is 5.60. The lowest BCUT2D eigenvalue weighted by molar-refractivity contribution is -0.131. The minimum Gasteiger partial charge on any atom is -0.369 e. The van der Waals surface area contributed by atoms with Crippen LogP contribution in [-0.2, 0) is 11.3 Å². The van der Waals surface area contributed by atoms with E-state index in [1.165, 1.54) is 11.3 Å². The number of amides is 1. The van der Waals surface area contributed by atoms with Crippen molar-refractivity contribution >= 4 is 11.6 Å². The van der Waals surface area contributed by atoms with Gasteiger partial charge in [0.1, 0.15) is 0 Å². The molecular formula is C19H25N5O. The van der Waals surface area contributed by atoms with Crippen molar-refractivity contribution in [2.75, 3.05) is 44.7 Å². The summed E-state index contributed by atoms with van der Waals surface area (Å²) in [5.41, 5.74) is 3.36. The van der Waals surface area contributed by atoms with Crippen molar-refractivity contribution in [2.45, 2.75) is 13.5 Å². The van der Waals surface area contributed by atoms with Gasteiger partial charge in [0.15, 0.2) is 0 Å². The highest BCUT2D eigenvalue weighted by Gasteiger charge is 2.21. The van der Waals surface area contributed by atoms with Crippen LogP contribution in [0.3, 0.4) is 0 Å². The molecule has 132 valence electrons. The summed E-state index contributed by atoms with van der Waals surface area (Å²) < 4.78 is 0. The molecule has 6 nitrogen and oxygen atoms in total. The third kappa shape index (κ3) is 4.76. The molecule has 1 aliphatic rings. The number of likely N-dealkylation sites (N-methyl/N-ethyl adjacent to an activating group) is 1. The lowest BCUT2D eigenvalue weighted by Gasteiger charge is -2.36. The van der Waals surface area contributed by atoms with Crippen molar-refractivity contribution in [1.82, 2.24) is 19.8 Å². The highest BCUT2D eigenvalue weighted by atomic mass is 16.2. The number of piperazine rings is 1. The van der Waals surface area contributed by atoms with Crippen molar-refractivity contribution < 1.29 is 4.79 Å². The molecule has 0 radical (unpaired) electrons. The van der Waals surface area contributed by atoms with Gasteiger partial charge in [0.25, 0.3) is 0 Å². The number of nitrogens with zero attached hydrogens (tertiary/aromatic N) is 5. The molecule has 25 heavy (non-hydrogen) atoms. The second-order valence-electron chi connectivity index (χ2n) is 6.55. The summed E-state index contributed by atoms with van der Waals surface area (Å²) in [6, 6.07) is 8.59. The number of anilines is 1. The van der Waals surface area contributed by atoms with Crippen LogP contribution in [0, 0.1) is 6.92 Å². The van der Waals surface area contributed by atoms with Crippen molar-refractivity contribution in [1.29, 1.82) is 0 Å². The fourth-order valence-electron chi connectivity index (χ4n) is 3.04. The highest BCUT2D eigenvalue weighted by molar-refractivity contribution is 5.78. The van der Waals surface area contributed by atoms with Gasteiger partial charge in [-0.2, -0.15) is 0 Å². The van der Waals surface area contributed by atoms with Gasteiger partial charge in [-0.25, -0.2) is 0 Å². The van der Waals surface area contributed by atoms with Crippen molar-refractivity contribution in [2.24, 2.45) is 0 Å². The normalized spacial score (nSPS) is 15.2. The van der Waals surface area contributed by atoms with Gasteiger partial charge in [-0.3, -0.25) is 19.7 Å². The lowest BCUT2D eigenvalue weighted by atomic mass is 10.2. The van der Waals surface area contributed by atoms with Gasteiger partial charge < -0.3 is 9.80 Å². The summed E-state index contributed by atoms with van der Waals surface area (Å²) >= 11 is 0. The quantitative estimate of drug-likeness (QED) is 0.828. The number of rotatable bonds is 5. The number of aryl methyl sites for hydroxylation is 1. The smallest absolute Gasteiger partial charge is 0.236 e. The molecule has 0 spiro atoms. The molecule has 0 N–H and O–H groups in total. The van der Waals surface area contributed by atoms with E-state index in [1.54, 1.807) is 23.5 Å². The van der Waals surface area contributed by atoms with E-state index < -0.39 is 0 Å². The molecule has 0 atom stereocenters. The zero-order valence-electron chi connectivity index (χ0n) is 14.9. The first kappa shape index (κ1) is 17.4. The zero-order valence-corrected chi connectivity index (χ0v) is 14.9. The molecule has 1 amide bonds. The maximum atomic E-state index is 12.4. The predicted octanol–water partition coefficient (Wildman–Crippen LogP) is 1.57. The number of carbonyl (C=O) groups is 1. The zero-order chi connectivity index (χ0) is 17.6. The summed E-state index contributed by atoms with van der Waals surface area (Å²) in [6.45, 7) is 6.77. The first-order valence-electron chi connectivity index (χ1n) is 8.64. The van der Waals surface area contributed by atoms with Crippen LogP contribution in [0.5, 0.6) is 0 Å². The van der Waals surface area contributed by atoms with Crippen LogP contribution in [0.4, 0.5) is 5.69 Å². The monoisotopic (exact) mass is 339 g/mol. The number of hydrogen-bond acceptors (Lipinski definition) is 5. The van der Waals surface area contributed by atoms with Gasteiger partial charge in [0.2, 0.25) is 5.91 Å². The molecule has 1 saturated heterocycles. The summed E-state index contributed by atoms with van der Waals surface area (Å²) in [5, 5.41) is 0. The second-order valence-corrected chi connectivity index (χ2v) is 6.55. The number of aromatic nitrogens is 2. The topological polar surface area (TPSA) is 52.6 Å². The summed E-state index contributed by atoms with van der Waals surface area (Å²) in [7, 11) is 1.82. The Hall–Kier alpha value is -2.47. The van der Waals surface area contributed by atoms with E-state index in [0.29, 0.717) is 13.1 Å². The number of benzene rings is 1. The molecule has 3 rings (SSSR count). The third-order valence-electron chi connectivity index (χ3n) is 4.54. The minimum atomic E-state index is 0.120. The Bertz CT molecular complexity index is 698. The van der Waals surface area contributed by atoms with Crippen LogP contribution in [0.15, 0.2) is 42.9 Å². The Morgan fingerprint density at radius 3 is 2.68 bits per heavy atom. The van der Waals surface area contributed by atoms with Gasteiger partial charge >= 0.3 is 0 Å².